The quantitative estimate of drug-likeness (QED) is 0.770. The summed E-state index contributed by atoms with van der Waals surface area (Å²) in [5.74, 6) is -0.361. The third-order valence-electron chi connectivity index (χ3n) is 2.46. The van der Waals surface area contributed by atoms with Gasteiger partial charge in [0.05, 0.1) is 21.3 Å². The summed E-state index contributed by atoms with van der Waals surface area (Å²) >= 11 is 15.3. The van der Waals surface area contributed by atoms with Crippen molar-refractivity contribution in [2.24, 2.45) is 0 Å². The van der Waals surface area contributed by atoms with Crippen molar-refractivity contribution in [2.45, 2.75) is 0 Å². The lowest BCUT2D eigenvalue weighted by Crippen LogP contribution is -2.14. The number of halogens is 3. The number of amides is 1. The van der Waals surface area contributed by atoms with Gasteiger partial charge in [0.1, 0.15) is 0 Å². The molecule has 1 amide bonds. The van der Waals surface area contributed by atoms with Gasteiger partial charge in [0, 0.05) is 10.2 Å². The average Bonchev–Trinajstić information content (AvgIpc) is 2.33. The standard InChI is InChI=1S/C13H9BrCl2N2O/c14-7-4-5-8(11(17)6-7)13(19)18-12-9(15)2-1-3-10(12)16/h1-6H,17H2,(H,18,19). The van der Waals surface area contributed by atoms with Crippen LogP contribution in [0.25, 0.3) is 0 Å². The lowest BCUT2D eigenvalue weighted by atomic mass is 10.1. The maximum absolute atomic E-state index is 12.1. The molecule has 0 aliphatic heterocycles. The Morgan fingerprint density at radius 2 is 1.79 bits per heavy atom. The van der Waals surface area contributed by atoms with Crippen molar-refractivity contribution in [3.8, 4) is 0 Å². The Morgan fingerprint density at radius 1 is 1.16 bits per heavy atom. The maximum Gasteiger partial charge on any atom is 0.257 e. The van der Waals surface area contributed by atoms with Crippen LogP contribution in [0.15, 0.2) is 40.9 Å². The fraction of sp³-hybridized carbons (Fsp3) is 0. The Bertz CT molecular complexity index is 626. The van der Waals surface area contributed by atoms with Crippen molar-refractivity contribution in [3.05, 3.63) is 56.5 Å². The SMILES string of the molecule is Nc1cc(Br)ccc1C(=O)Nc1c(Cl)cccc1Cl. The molecule has 2 aromatic carbocycles. The molecule has 0 saturated carbocycles. The first-order valence-electron chi connectivity index (χ1n) is 5.29. The van der Waals surface area contributed by atoms with Crippen molar-refractivity contribution in [1.29, 1.82) is 0 Å². The van der Waals surface area contributed by atoms with E-state index in [1.165, 1.54) is 0 Å². The highest BCUT2D eigenvalue weighted by molar-refractivity contribution is 9.10. The Balaban J connectivity index is 2.31. The van der Waals surface area contributed by atoms with Crippen LogP contribution in [0.2, 0.25) is 10.0 Å². The van der Waals surface area contributed by atoms with Crippen LogP contribution in [0.5, 0.6) is 0 Å². The highest BCUT2D eigenvalue weighted by atomic mass is 79.9. The van der Waals surface area contributed by atoms with Crippen LogP contribution in [-0.4, -0.2) is 5.91 Å². The number of para-hydroxylation sites is 1. The second-order valence-corrected chi connectivity index (χ2v) is 5.51. The van der Waals surface area contributed by atoms with E-state index in [0.29, 0.717) is 27.0 Å². The Morgan fingerprint density at radius 3 is 2.37 bits per heavy atom. The lowest BCUT2D eigenvalue weighted by molar-refractivity contribution is 0.102. The van der Waals surface area contributed by atoms with Gasteiger partial charge in [-0.25, -0.2) is 0 Å². The summed E-state index contributed by atoms with van der Waals surface area (Å²) in [5, 5.41) is 3.40. The van der Waals surface area contributed by atoms with Crippen LogP contribution >= 0.6 is 39.1 Å². The molecule has 3 nitrogen and oxygen atoms in total. The van der Waals surface area contributed by atoms with Gasteiger partial charge in [-0.2, -0.15) is 0 Å². The van der Waals surface area contributed by atoms with Crippen LogP contribution in [0.1, 0.15) is 10.4 Å². The van der Waals surface area contributed by atoms with Gasteiger partial charge in [-0.15, -0.1) is 0 Å². The first-order valence-corrected chi connectivity index (χ1v) is 6.84. The number of benzene rings is 2. The van der Waals surface area contributed by atoms with Gasteiger partial charge < -0.3 is 11.1 Å². The summed E-state index contributed by atoms with van der Waals surface area (Å²) < 4.78 is 0.803. The van der Waals surface area contributed by atoms with Gasteiger partial charge in [-0.3, -0.25) is 4.79 Å². The number of nitrogen functional groups attached to an aromatic ring is 1. The molecule has 0 bridgehead atoms. The van der Waals surface area contributed by atoms with Crippen LogP contribution in [-0.2, 0) is 0 Å². The van der Waals surface area contributed by atoms with Crippen LogP contribution in [0.4, 0.5) is 11.4 Å². The van der Waals surface area contributed by atoms with Gasteiger partial charge in [0.25, 0.3) is 5.91 Å². The molecule has 2 rings (SSSR count). The number of nitrogens with two attached hydrogens (primary N) is 1. The molecule has 0 heterocycles. The lowest BCUT2D eigenvalue weighted by Gasteiger charge is -2.10. The number of hydrogen-bond donors (Lipinski definition) is 2. The van der Waals surface area contributed by atoms with E-state index < -0.39 is 0 Å². The predicted molar refractivity (Wildman–Crippen MR) is 83.0 cm³/mol. The van der Waals surface area contributed by atoms with Crippen LogP contribution < -0.4 is 11.1 Å². The Kier molecular flexibility index (Phi) is 4.34. The van der Waals surface area contributed by atoms with Gasteiger partial charge in [0.15, 0.2) is 0 Å². The summed E-state index contributed by atoms with van der Waals surface area (Å²) in [4.78, 5) is 12.1. The van der Waals surface area contributed by atoms with E-state index >= 15 is 0 Å². The van der Waals surface area contributed by atoms with Crippen molar-refractivity contribution in [3.63, 3.8) is 0 Å². The zero-order valence-corrected chi connectivity index (χ0v) is 12.7. The largest absolute Gasteiger partial charge is 0.398 e. The molecule has 0 saturated heterocycles. The van der Waals surface area contributed by atoms with Crippen molar-refractivity contribution < 1.29 is 4.79 Å². The number of rotatable bonds is 2. The van der Waals surface area contributed by atoms with E-state index in [0.717, 1.165) is 4.47 Å². The normalized spacial score (nSPS) is 10.3. The molecule has 0 aliphatic carbocycles. The molecule has 0 radical (unpaired) electrons. The average molecular weight is 360 g/mol. The minimum Gasteiger partial charge on any atom is -0.398 e. The molecular weight excluding hydrogens is 351 g/mol. The third kappa shape index (κ3) is 3.21. The second kappa shape index (κ2) is 5.82. The maximum atomic E-state index is 12.1. The smallest absolute Gasteiger partial charge is 0.257 e. The molecule has 0 fully saturated rings. The van der Waals surface area contributed by atoms with Crippen LogP contribution in [0, 0.1) is 0 Å². The zero-order chi connectivity index (χ0) is 14.0. The molecule has 0 aromatic heterocycles. The minimum absolute atomic E-state index is 0.360. The summed E-state index contributed by atoms with van der Waals surface area (Å²) in [6.45, 7) is 0. The fourth-order valence-electron chi connectivity index (χ4n) is 1.54. The first-order chi connectivity index (χ1) is 8.99. The van der Waals surface area contributed by atoms with E-state index in [1.54, 1.807) is 36.4 Å². The molecule has 2 aromatic rings. The van der Waals surface area contributed by atoms with Gasteiger partial charge in [-0.1, -0.05) is 45.2 Å². The number of nitrogens with one attached hydrogen (secondary N) is 1. The van der Waals surface area contributed by atoms with E-state index in [1.807, 2.05) is 0 Å². The molecule has 19 heavy (non-hydrogen) atoms. The topological polar surface area (TPSA) is 55.1 Å². The summed E-state index contributed by atoms with van der Waals surface area (Å²) in [7, 11) is 0. The number of anilines is 2. The van der Waals surface area contributed by atoms with Crippen molar-refractivity contribution in [2.75, 3.05) is 11.1 Å². The molecule has 0 atom stereocenters. The minimum atomic E-state index is -0.361. The highest BCUT2D eigenvalue weighted by Crippen LogP contribution is 2.30. The molecule has 6 heteroatoms. The Labute approximate surface area is 128 Å². The number of carbonyl (C=O) groups excluding carboxylic acids is 1. The predicted octanol–water partition coefficient (Wildman–Crippen LogP) is 4.59. The van der Waals surface area contributed by atoms with E-state index in [9.17, 15) is 4.79 Å². The van der Waals surface area contributed by atoms with Gasteiger partial charge in [-0.05, 0) is 30.3 Å². The van der Waals surface area contributed by atoms with Crippen LogP contribution in [0.3, 0.4) is 0 Å². The summed E-state index contributed by atoms with van der Waals surface area (Å²) in [6, 6.07) is 10.0. The fourth-order valence-corrected chi connectivity index (χ4v) is 2.41. The van der Waals surface area contributed by atoms with E-state index in [-0.39, 0.29) is 5.91 Å². The molecule has 98 valence electrons. The van der Waals surface area contributed by atoms with E-state index in [2.05, 4.69) is 21.2 Å². The highest BCUT2D eigenvalue weighted by Gasteiger charge is 2.13. The molecule has 3 N–H and O–H groups in total. The second-order valence-electron chi connectivity index (χ2n) is 3.78. The molecular formula is C13H9BrCl2N2O. The van der Waals surface area contributed by atoms with Gasteiger partial charge in [0.2, 0.25) is 0 Å². The number of carbonyl (C=O) groups is 1. The van der Waals surface area contributed by atoms with Crippen molar-refractivity contribution >= 4 is 56.4 Å². The molecule has 0 unspecified atom stereocenters. The molecule has 0 spiro atoms. The Hall–Kier alpha value is -1.23. The van der Waals surface area contributed by atoms with Gasteiger partial charge >= 0.3 is 0 Å². The zero-order valence-electron chi connectivity index (χ0n) is 9.58. The number of hydrogen-bond acceptors (Lipinski definition) is 2. The third-order valence-corrected chi connectivity index (χ3v) is 3.58. The summed E-state index contributed by atoms with van der Waals surface area (Å²) in [6.07, 6.45) is 0. The molecule has 0 aliphatic rings. The van der Waals surface area contributed by atoms with Crippen molar-refractivity contribution in [1.82, 2.24) is 0 Å². The monoisotopic (exact) mass is 358 g/mol. The first kappa shape index (κ1) is 14.2. The summed E-state index contributed by atoms with van der Waals surface area (Å²) in [5.41, 5.74) is 6.90. The van der Waals surface area contributed by atoms with E-state index in [4.69, 9.17) is 28.9 Å².